The number of hydrogen-bond donors (Lipinski definition) is 1. The molecule has 0 atom stereocenters. The maximum Gasteiger partial charge on any atom is 0.229 e. The molecule has 0 saturated heterocycles. The standard InChI is InChI=1S/C27H25Cl3N2O2/c1-16(2)14-23-26(31-24(33)8-5-13-28)21-15-20(17-9-11-18(29)12-10-17)25(32-27(21)34-23)19-6-3-4-7-22(19)30/h3-4,6-7,9-12,15-16H,5,8,13-14H2,1-2H3,(H,31,33). The van der Waals surface area contributed by atoms with Gasteiger partial charge in [-0.3, -0.25) is 4.79 Å². The number of furan rings is 1. The number of aromatic nitrogens is 1. The highest BCUT2D eigenvalue weighted by Gasteiger charge is 2.22. The summed E-state index contributed by atoms with van der Waals surface area (Å²) in [6.45, 7) is 4.21. The Morgan fingerprint density at radius 1 is 1.06 bits per heavy atom. The van der Waals surface area contributed by atoms with Gasteiger partial charge in [0, 0.05) is 39.9 Å². The molecule has 0 saturated carbocycles. The molecule has 0 spiro atoms. The molecule has 0 unspecified atom stereocenters. The van der Waals surface area contributed by atoms with E-state index in [-0.39, 0.29) is 5.91 Å². The van der Waals surface area contributed by atoms with Crippen LogP contribution in [0, 0.1) is 5.92 Å². The van der Waals surface area contributed by atoms with Gasteiger partial charge in [0.25, 0.3) is 0 Å². The van der Waals surface area contributed by atoms with E-state index in [2.05, 4.69) is 19.2 Å². The van der Waals surface area contributed by atoms with Crippen molar-refractivity contribution in [1.29, 1.82) is 0 Å². The predicted molar refractivity (Wildman–Crippen MR) is 142 cm³/mol. The van der Waals surface area contributed by atoms with Gasteiger partial charge in [0.05, 0.1) is 16.8 Å². The summed E-state index contributed by atoms with van der Waals surface area (Å²) in [5, 5.41) is 5.04. The van der Waals surface area contributed by atoms with E-state index in [4.69, 9.17) is 44.2 Å². The van der Waals surface area contributed by atoms with E-state index < -0.39 is 0 Å². The van der Waals surface area contributed by atoms with E-state index in [1.807, 2.05) is 54.6 Å². The molecule has 0 aliphatic heterocycles. The van der Waals surface area contributed by atoms with Crippen molar-refractivity contribution >= 4 is 57.5 Å². The van der Waals surface area contributed by atoms with Gasteiger partial charge in [-0.1, -0.05) is 67.4 Å². The summed E-state index contributed by atoms with van der Waals surface area (Å²) in [5.74, 6) is 1.37. The third-order valence-electron chi connectivity index (χ3n) is 5.44. The van der Waals surface area contributed by atoms with Crippen LogP contribution in [0.5, 0.6) is 0 Å². The lowest BCUT2D eigenvalue weighted by Gasteiger charge is -2.12. The van der Waals surface area contributed by atoms with Gasteiger partial charge in [0.2, 0.25) is 11.6 Å². The number of benzene rings is 2. The third kappa shape index (κ3) is 5.41. The number of anilines is 1. The number of carbonyl (C=O) groups excluding carboxylic acids is 1. The Balaban J connectivity index is 1.95. The molecule has 0 fully saturated rings. The van der Waals surface area contributed by atoms with Crippen LogP contribution >= 0.6 is 34.8 Å². The number of nitrogens with one attached hydrogen (secondary N) is 1. The van der Waals surface area contributed by atoms with Crippen molar-refractivity contribution in [2.24, 2.45) is 5.92 Å². The summed E-state index contributed by atoms with van der Waals surface area (Å²) in [6, 6.07) is 17.2. The summed E-state index contributed by atoms with van der Waals surface area (Å²) in [5.41, 5.74) is 4.41. The van der Waals surface area contributed by atoms with Gasteiger partial charge in [-0.25, -0.2) is 4.98 Å². The predicted octanol–water partition coefficient (Wildman–Crippen LogP) is 8.62. The molecular weight excluding hydrogens is 491 g/mol. The molecule has 34 heavy (non-hydrogen) atoms. The second kappa shape index (κ2) is 10.8. The van der Waals surface area contributed by atoms with Crippen LogP contribution in [0.15, 0.2) is 59.0 Å². The average molecular weight is 516 g/mol. The fourth-order valence-corrected chi connectivity index (χ4v) is 4.35. The van der Waals surface area contributed by atoms with Crippen molar-refractivity contribution in [3.8, 4) is 22.4 Å². The first kappa shape index (κ1) is 24.6. The van der Waals surface area contributed by atoms with Crippen molar-refractivity contribution in [2.45, 2.75) is 33.1 Å². The largest absolute Gasteiger partial charge is 0.440 e. The van der Waals surface area contributed by atoms with Gasteiger partial charge < -0.3 is 9.73 Å². The molecule has 2 aromatic carbocycles. The van der Waals surface area contributed by atoms with Gasteiger partial charge in [0.15, 0.2) is 0 Å². The van der Waals surface area contributed by atoms with Crippen LogP contribution in [0.3, 0.4) is 0 Å². The van der Waals surface area contributed by atoms with E-state index in [1.54, 1.807) is 0 Å². The lowest BCUT2D eigenvalue weighted by molar-refractivity contribution is -0.116. The summed E-state index contributed by atoms with van der Waals surface area (Å²) >= 11 is 18.5. The monoisotopic (exact) mass is 514 g/mol. The van der Waals surface area contributed by atoms with Crippen molar-refractivity contribution < 1.29 is 9.21 Å². The number of alkyl halides is 1. The number of nitrogens with zero attached hydrogens (tertiary/aromatic N) is 1. The van der Waals surface area contributed by atoms with Crippen molar-refractivity contribution in [3.05, 3.63) is 70.4 Å². The first-order valence-electron chi connectivity index (χ1n) is 11.2. The molecule has 4 rings (SSSR count). The number of fused-ring (bicyclic) bond motifs is 1. The molecule has 0 bridgehead atoms. The summed E-state index contributed by atoms with van der Waals surface area (Å²) in [6.07, 6.45) is 1.61. The molecule has 2 heterocycles. The summed E-state index contributed by atoms with van der Waals surface area (Å²) in [7, 11) is 0. The zero-order valence-electron chi connectivity index (χ0n) is 19.0. The molecule has 0 radical (unpaired) electrons. The number of halogens is 3. The number of carbonyl (C=O) groups is 1. The molecular formula is C27H25Cl3N2O2. The minimum absolute atomic E-state index is 0.100. The molecule has 0 aliphatic rings. The van der Waals surface area contributed by atoms with Crippen LogP contribution < -0.4 is 5.32 Å². The minimum Gasteiger partial charge on any atom is -0.440 e. The maximum absolute atomic E-state index is 12.6. The van der Waals surface area contributed by atoms with Crippen LogP contribution in [0.1, 0.15) is 32.4 Å². The van der Waals surface area contributed by atoms with Crippen LogP contribution in [-0.2, 0) is 11.2 Å². The fourth-order valence-electron chi connectivity index (χ4n) is 3.86. The van der Waals surface area contributed by atoms with Crippen LogP contribution in [0.25, 0.3) is 33.5 Å². The summed E-state index contributed by atoms with van der Waals surface area (Å²) in [4.78, 5) is 17.5. The van der Waals surface area contributed by atoms with Crippen LogP contribution in [0.2, 0.25) is 10.0 Å². The smallest absolute Gasteiger partial charge is 0.229 e. The number of rotatable bonds is 8. The van der Waals surface area contributed by atoms with Crippen LogP contribution in [0.4, 0.5) is 5.69 Å². The molecule has 0 aliphatic carbocycles. The fraction of sp³-hybridized carbons (Fsp3) is 0.259. The first-order valence-corrected chi connectivity index (χ1v) is 12.5. The third-order valence-corrected chi connectivity index (χ3v) is 6.28. The van der Waals surface area contributed by atoms with E-state index >= 15 is 0 Å². The summed E-state index contributed by atoms with van der Waals surface area (Å²) < 4.78 is 6.21. The molecule has 2 aromatic heterocycles. The minimum atomic E-state index is -0.100. The molecule has 1 N–H and O–H groups in total. The van der Waals surface area contributed by atoms with E-state index in [0.717, 1.165) is 22.1 Å². The average Bonchev–Trinajstić information content (AvgIpc) is 3.13. The first-order chi connectivity index (χ1) is 16.4. The Labute approximate surface area is 214 Å². The lowest BCUT2D eigenvalue weighted by atomic mass is 9.97. The maximum atomic E-state index is 12.6. The van der Waals surface area contributed by atoms with E-state index in [0.29, 0.717) is 64.0 Å². The Morgan fingerprint density at radius 2 is 1.79 bits per heavy atom. The number of amides is 1. The number of pyridine rings is 1. The van der Waals surface area contributed by atoms with E-state index in [9.17, 15) is 4.79 Å². The zero-order valence-corrected chi connectivity index (χ0v) is 21.3. The van der Waals surface area contributed by atoms with Gasteiger partial charge >= 0.3 is 0 Å². The quantitative estimate of drug-likeness (QED) is 0.239. The highest BCUT2D eigenvalue weighted by atomic mass is 35.5. The Bertz CT molecular complexity index is 1310. The molecule has 1 amide bonds. The normalized spacial score (nSPS) is 11.4. The zero-order chi connectivity index (χ0) is 24.2. The highest BCUT2D eigenvalue weighted by molar-refractivity contribution is 6.33. The Hall–Kier alpha value is -2.53. The van der Waals surface area contributed by atoms with Crippen molar-refractivity contribution in [2.75, 3.05) is 11.2 Å². The van der Waals surface area contributed by atoms with Crippen molar-refractivity contribution in [1.82, 2.24) is 4.98 Å². The Kier molecular flexibility index (Phi) is 7.82. The second-order valence-corrected chi connectivity index (χ2v) is 9.78. The second-order valence-electron chi connectivity index (χ2n) is 8.56. The topological polar surface area (TPSA) is 55.1 Å². The van der Waals surface area contributed by atoms with E-state index in [1.165, 1.54) is 0 Å². The van der Waals surface area contributed by atoms with Crippen LogP contribution in [-0.4, -0.2) is 16.8 Å². The molecule has 176 valence electrons. The van der Waals surface area contributed by atoms with Gasteiger partial charge in [-0.05, 0) is 42.2 Å². The van der Waals surface area contributed by atoms with Gasteiger partial charge in [-0.2, -0.15) is 0 Å². The Morgan fingerprint density at radius 3 is 2.47 bits per heavy atom. The SMILES string of the molecule is CC(C)Cc1oc2nc(-c3ccccc3Cl)c(-c3ccc(Cl)cc3)cc2c1NC(=O)CCCCl. The lowest BCUT2D eigenvalue weighted by Crippen LogP contribution is -2.12. The van der Waals surface area contributed by atoms with Gasteiger partial charge in [0.1, 0.15) is 5.76 Å². The van der Waals surface area contributed by atoms with Gasteiger partial charge in [-0.15, -0.1) is 11.6 Å². The molecule has 4 nitrogen and oxygen atoms in total. The number of hydrogen-bond acceptors (Lipinski definition) is 3. The highest BCUT2D eigenvalue weighted by Crippen LogP contribution is 2.41. The van der Waals surface area contributed by atoms with Crippen molar-refractivity contribution in [3.63, 3.8) is 0 Å². The molecule has 7 heteroatoms. The molecule has 4 aromatic rings.